The van der Waals surface area contributed by atoms with Gasteiger partial charge in [-0.1, -0.05) is 6.07 Å². The SMILES string of the molecule is COC[C@H]1Cc2cc(OC)c(OC)cc2[C@@H](c2ccc(OC)c(OC)c2)[C@@H]1COC. The fourth-order valence-electron chi connectivity index (χ4n) is 4.63. The van der Waals surface area contributed by atoms with Crippen molar-refractivity contribution in [1.29, 1.82) is 0 Å². The van der Waals surface area contributed by atoms with E-state index < -0.39 is 0 Å². The molecule has 2 aromatic rings. The van der Waals surface area contributed by atoms with Crippen LogP contribution in [0.25, 0.3) is 0 Å². The van der Waals surface area contributed by atoms with Gasteiger partial charge in [0.05, 0.1) is 35.0 Å². The zero-order valence-corrected chi connectivity index (χ0v) is 18.7. The summed E-state index contributed by atoms with van der Waals surface area (Å²) in [5, 5.41) is 0. The normalized spacial score (nSPS) is 20.4. The quantitative estimate of drug-likeness (QED) is 0.617. The molecule has 0 heterocycles. The lowest BCUT2D eigenvalue weighted by molar-refractivity contribution is 0.0565. The molecule has 2 aromatic carbocycles. The average molecular weight is 417 g/mol. The molecule has 164 valence electrons. The van der Waals surface area contributed by atoms with E-state index in [2.05, 4.69) is 24.3 Å². The van der Waals surface area contributed by atoms with Crippen LogP contribution in [0.4, 0.5) is 0 Å². The van der Waals surface area contributed by atoms with Crippen LogP contribution in [0.5, 0.6) is 23.0 Å². The number of fused-ring (bicyclic) bond motifs is 1. The molecule has 0 spiro atoms. The minimum atomic E-state index is 0.0912. The van der Waals surface area contributed by atoms with Crippen molar-refractivity contribution in [1.82, 2.24) is 0 Å². The highest BCUT2D eigenvalue weighted by molar-refractivity contribution is 5.54. The fraction of sp³-hybridized carbons (Fsp3) is 0.500. The van der Waals surface area contributed by atoms with Gasteiger partial charge in [-0.05, 0) is 59.2 Å². The summed E-state index contributed by atoms with van der Waals surface area (Å²) in [7, 11) is 10.1. The Labute approximate surface area is 179 Å². The van der Waals surface area contributed by atoms with Crippen LogP contribution >= 0.6 is 0 Å². The van der Waals surface area contributed by atoms with E-state index in [4.69, 9.17) is 28.4 Å². The molecule has 0 radical (unpaired) electrons. The number of hydrogen-bond donors (Lipinski definition) is 0. The highest BCUT2D eigenvalue weighted by Crippen LogP contribution is 2.48. The van der Waals surface area contributed by atoms with Gasteiger partial charge < -0.3 is 28.4 Å². The first kappa shape index (κ1) is 22.2. The van der Waals surface area contributed by atoms with Crippen LogP contribution in [-0.4, -0.2) is 55.9 Å². The third kappa shape index (κ3) is 4.20. The van der Waals surface area contributed by atoms with Gasteiger partial charge in [0, 0.05) is 26.7 Å². The highest BCUT2D eigenvalue weighted by Gasteiger charge is 2.39. The van der Waals surface area contributed by atoms with Gasteiger partial charge in [-0.3, -0.25) is 0 Å². The smallest absolute Gasteiger partial charge is 0.161 e. The van der Waals surface area contributed by atoms with Crippen molar-refractivity contribution in [2.75, 3.05) is 55.9 Å². The summed E-state index contributed by atoms with van der Waals surface area (Å²) in [6.45, 7) is 1.28. The molecule has 0 bridgehead atoms. The number of hydrogen-bond acceptors (Lipinski definition) is 6. The van der Waals surface area contributed by atoms with Gasteiger partial charge >= 0.3 is 0 Å². The summed E-state index contributed by atoms with van der Waals surface area (Å²) in [6.07, 6.45) is 0.890. The van der Waals surface area contributed by atoms with Crippen LogP contribution in [0.2, 0.25) is 0 Å². The molecular formula is C24H32O6. The third-order valence-electron chi connectivity index (χ3n) is 6.00. The molecular weight excluding hydrogens is 384 g/mol. The number of rotatable bonds is 9. The molecule has 0 N–H and O–H groups in total. The average Bonchev–Trinajstić information content (AvgIpc) is 2.78. The van der Waals surface area contributed by atoms with Gasteiger partial charge in [0.15, 0.2) is 23.0 Å². The second kappa shape index (κ2) is 10.0. The summed E-state index contributed by atoms with van der Waals surface area (Å²) in [5.74, 6) is 3.51. The topological polar surface area (TPSA) is 55.4 Å². The van der Waals surface area contributed by atoms with E-state index in [1.807, 2.05) is 6.07 Å². The van der Waals surface area contributed by atoms with Gasteiger partial charge in [0.1, 0.15) is 0 Å². The predicted molar refractivity (Wildman–Crippen MR) is 115 cm³/mol. The standard InChI is InChI=1S/C24H32O6/c1-25-13-17-9-16-11-22(29-5)23(30-6)12-18(16)24(19(17)14-26-2)15-7-8-20(27-3)21(10-15)28-4/h7-8,10-12,17,19,24H,9,13-14H2,1-6H3/t17-,19-,24-/m1/s1. The van der Waals surface area contributed by atoms with Gasteiger partial charge in [0.25, 0.3) is 0 Å². The largest absolute Gasteiger partial charge is 0.493 e. The zero-order chi connectivity index (χ0) is 21.7. The first-order chi connectivity index (χ1) is 14.6. The molecule has 0 amide bonds. The Morgan fingerprint density at radius 1 is 0.700 bits per heavy atom. The van der Waals surface area contributed by atoms with E-state index in [0.29, 0.717) is 30.6 Å². The molecule has 0 aromatic heterocycles. The Bertz CT molecular complexity index is 850. The molecule has 3 atom stereocenters. The van der Waals surface area contributed by atoms with Gasteiger partial charge in [-0.25, -0.2) is 0 Å². The lowest BCUT2D eigenvalue weighted by atomic mass is 9.67. The molecule has 30 heavy (non-hydrogen) atoms. The summed E-state index contributed by atoms with van der Waals surface area (Å²) in [6, 6.07) is 10.3. The number of ether oxygens (including phenoxy) is 6. The van der Waals surface area contributed by atoms with Gasteiger partial charge in [0.2, 0.25) is 0 Å². The molecule has 1 aliphatic rings. The van der Waals surface area contributed by atoms with Crippen molar-refractivity contribution >= 4 is 0 Å². The summed E-state index contributed by atoms with van der Waals surface area (Å²) in [5.41, 5.74) is 3.60. The van der Waals surface area contributed by atoms with Crippen LogP contribution in [0.1, 0.15) is 22.6 Å². The van der Waals surface area contributed by atoms with Crippen molar-refractivity contribution in [3.8, 4) is 23.0 Å². The zero-order valence-electron chi connectivity index (χ0n) is 18.7. The second-order valence-corrected chi connectivity index (χ2v) is 7.54. The van der Waals surface area contributed by atoms with Crippen LogP contribution in [0.3, 0.4) is 0 Å². The molecule has 0 aliphatic heterocycles. The van der Waals surface area contributed by atoms with E-state index in [1.54, 1.807) is 42.7 Å². The molecule has 0 unspecified atom stereocenters. The van der Waals surface area contributed by atoms with Crippen LogP contribution in [0.15, 0.2) is 30.3 Å². The maximum atomic E-state index is 5.66. The first-order valence-electron chi connectivity index (χ1n) is 10.1. The van der Waals surface area contributed by atoms with Crippen LogP contribution in [-0.2, 0) is 15.9 Å². The lowest BCUT2D eigenvalue weighted by Gasteiger charge is -2.40. The predicted octanol–water partition coefficient (Wildman–Crippen LogP) is 3.93. The molecule has 0 saturated carbocycles. The number of methoxy groups -OCH3 is 6. The number of benzene rings is 2. The Hall–Kier alpha value is -2.44. The Morgan fingerprint density at radius 3 is 1.90 bits per heavy atom. The minimum absolute atomic E-state index is 0.0912. The molecule has 0 saturated heterocycles. The third-order valence-corrected chi connectivity index (χ3v) is 6.00. The molecule has 1 aliphatic carbocycles. The van der Waals surface area contributed by atoms with Crippen LogP contribution < -0.4 is 18.9 Å². The summed E-state index contributed by atoms with van der Waals surface area (Å²) < 4.78 is 33.4. The van der Waals surface area contributed by atoms with Gasteiger partial charge in [-0.2, -0.15) is 0 Å². The Balaban J connectivity index is 2.20. The summed E-state index contributed by atoms with van der Waals surface area (Å²) in [4.78, 5) is 0. The van der Waals surface area contributed by atoms with Crippen molar-refractivity contribution in [2.45, 2.75) is 12.3 Å². The van der Waals surface area contributed by atoms with E-state index in [-0.39, 0.29) is 11.8 Å². The second-order valence-electron chi connectivity index (χ2n) is 7.54. The summed E-state index contributed by atoms with van der Waals surface area (Å²) >= 11 is 0. The van der Waals surface area contributed by atoms with Crippen LogP contribution in [0, 0.1) is 11.8 Å². The van der Waals surface area contributed by atoms with Crippen molar-refractivity contribution in [3.63, 3.8) is 0 Å². The molecule has 6 heteroatoms. The molecule has 0 fully saturated rings. The van der Waals surface area contributed by atoms with Gasteiger partial charge in [-0.15, -0.1) is 0 Å². The Morgan fingerprint density at radius 2 is 1.30 bits per heavy atom. The minimum Gasteiger partial charge on any atom is -0.493 e. The lowest BCUT2D eigenvalue weighted by Crippen LogP contribution is -2.36. The molecule has 6 nitrogen and oxygen atoms in total. The van der Waals surface area contributed by atoms with E-state index in [0.717, 1.165) is 23.5 Å². The Kier molecular flexibility index (Phi) is 7.45. The van der Waals surface area contributed by atoms with Crippen molar-refractivity contribution in [3.05, 3.63) is 47.0 Å². The van der Waals surface area contributed by atoms with E-state index in [9.17, 15) is 0 Å². The monoisotopic (exact) mass is 416 g/mol. The van der Waals surface area contributed by atoms with E-state index in [1.165, 1.54) is 11.1 Å². The van der Waals surface area contributed by atoms with E-state index >= 15 is 0 Å². The maximum Gasteiger partial charge on any atom is 0.161 e. The van der Waals surface area contributed by atoms with Crippen molar-refractivity contribution < 1.29 is 28.4 Å². The highest BCUT2D eigenvalue weighted by atomic mass is 16.5. The maximum absolute atomic E-state index is 5.66. The van der Waals surface area contributed by atoms with Crippen molar-refractivity contribution in [2.24, 2.45) is 11.8 Å². The first-order valence-corrected chi connectivity index (χ1v) is 10.1. The fourth-order valence-corrected chi connectivity index (χ4v) is 4.63. The molecule has 3 rings (SSSR count).